The fourth-order valence-corrected chi connectivity index (χ4v) is 3.15. The van der Waals surface area contributed by atoms with Gasteiger partial charge in [0, 0.05) is 13.1 Å². The number of piperidine rings is 1. The normalized spacial score (nSPS) is 21.5. The summed E-state index contributed by atoms with van der Waals surface area (Å²) in [6.07, 6.45) is 1.37. The minimum atomic E-state index is -1.10. The van der Waals surface area contributed by atoms with Crippen molar-refractivity contribution < 1.29 is 29.6 Å². The van der Waals surface area contributed by atoms with Crippen LogP contribution in [-0.2, 0) is 11.3 Å². The van der Waals surface area contributed by atoms with Gasteiger partial charge in [0.2, 0.25) is 0 Å². The van der Waals surface area contributed by atoms with Gasteiger partial charge in [-0.3, -0.25) is 4.90 Å². The van der Waals surface area contributed by atoms with Crippen LogP contribution in [0.4, 0.5) is 0 Å². The van der Waals surface area contributed by atoms with Crippen LogP contribution in [0.1, 0.15) is 18.4 Å². The van der Waals surface area contributed by atoms with E-state index < -0.39 is 18.2 Å². The van der Waals surface area contributed by atoms with Gasteiger partial charge in [0.05, 0.1) is 18.7 Å². The van der Waals surface area contributed by atoms with Crippen LogP contribution in [0.3, 0.4) is 0 Å². The maximum atomic E-state index is 10.6. The lowest BCUT2D eigenvalue weighted by molar-refractivity contribution is -0.139. The van der Waals surface area contributed by atoms with Crippen molar-refractivity contribution in [3.8, 4) is 11.5 Å². The van der Waals surface area contributed by atoms with Crippen LogP contribution in [0.5, 0.6) is 11.5 Å². The van der Waals surface area contributed by atoms with Gasteiger partial charge in [-0.25, -0.2) is 4.79 Å². The number of aliphatic hydroxyl groups is 2. The molecule has 2 rings (SSSR count). The number of β-amino-alcohol motifs (C(OH)–C–C–N with tert-alkyl or cyclic N) is 1. The summed E-state index contributed by atoms with van der Waals surface area (Å²) >= 11 is 6.19. The molecule has 134 valence electrons. The van der Waals surface area contributed by atoms with Crippen molar-refractivity contribution in [2.45, 2.75) is 25.0 Å². The maximum Gasteiger partial charge on any atom is 0.341 e. The molecule has 0 radical (unpaired) electrons. The number of ether oxygens (including phenoxy) is 2. The van der Waals surface area contributed by atoms with Gasteiger partial charge in [0.1, 0.15) is 5.60 Å². The van der Waals surface area contributed by atoms with Crippen molar-refractivity contribution in [3.05, 3.63) is 22.7 Å². The highest BCUT2D eigenvalue weighted by molar-refractivity contribution is 6.32. The van der Waals surface area contributed by atoms with Crippen LogP contribution < -0.4 is 9.47 Å². The van der Waals surface area contributed by atoms with Gasteiger partial charge in [-0.2, -0.15) is 0 Å². The zero-order valence-electron chi connectivity index (χ0n) is 13.5. The Morgan fingerprint density at radius 1 is 1.46 bits per heavy atom. The molecule has 1 aliphatic heterocycles. The molecular formula is C16H22ClNO6. The van der Waals surface area contributed by atoms with Gasteiger partial charge in [0.15, 0.2) is 18.1 Å². The number of aliphatic hydroxyl groups excluding tert-OH is 1. The molecule has 8 heteroatoms. The Bertz CT molecular complexity index is 596. The van der Waals surface area contributed by atoms with E-state index in [1.54, 1.807) is 12.1 Å². The van der Waals surface area contributed by atoms with E-state index in [9.17, 15) is 15.0 Å². The molecule has 0 amide bonds. The largest absolute Gasteiger partial charge is 0.493 e. The van der Waals surface area contributed by atoms with E-state index in [1.807, 2.05) is 4.90 Å². The summed E-state index contributed by atoms with van der Waals surface area (Å²) in [6.45, 7) is 0.929. The highest BCUT2D eigenvalue weighted by atomic mass is 35.5. The molecule has 0 aromatic heterocycles. The van der Waals surface area contributed by atoms with Crippen molar-refractivity contribution in [2.75, 3.05) is 33.4 Å². The molecule has 1 atom stereocenters. The Labute approximate surface area is 145 Å². The summed E-state index contributed by atoms with van der Waals surface area (Å²) < 4.78 is 10.4. The summed E-state index contributed by atoms with van der Waals surface area (Å²) in [5, 5.41) is 28.5. The monoisotopic (exact) mass is 359 g/mol. The quantitative estimate of drug-likeness (QED) is 0.671. The van der Waals surface area contributed by atoms with Crippen LogP contribution in [0, 0.1) is 0 Å². The van der Waals surface area contributed by atoms with Crippen LogP contribution in [0.15, 0.2) is 12.1 Å². The van der Waals surface area contributed by atoms with E-state index in [2.05, 4.69) is 0 Å². The first-order valence-corrected chi connectivity index (χ1v) is 8.01. The van der Waals surface area contributed by atoms with Crippen molar-refractivity contribution in [2.24, 2.45) is 0 Å². The van der Waals surface area contributed by atoms with Crippen LogP contribution >= 0.6 is 11.6 Å². The molecule has 1 heterocycles. The van der Waals surface area contributed by atoms with Gasteiger partial charge in [-0.05, 0) is 37.1 Å². The number of carbonyl (C=O) groups is 1. The second-order valence-electron chi connectivity index (χ2n) is 5.99. The summed E-state index contributed by atoms with van der Waals surface area (Å²) in [6, 6.07) is 3.42. The summed E-state index contributed by atoms with van der Waals surface area (Å²) in [4.78, 5) is 12.7. The van der Waals surface area contributed by atoms with Crippen molar-refractivity contribution in [1.29, 1.82) is 0 Å². The number of hydrogen-bond acceptors (Lipinski definition) is 6. The molecular weight excluding hydrogens is 338 g/mol. The third-order valence-corrected chi connectivity index (χ3v) is 4.24. The fourth-order valence-electron chi connectivity index (χ4n) is 2.87. The highest BCUT2D eigenvalue weighted by Gasteiger charge is 2.32. The van der Waals surface area contributed by atoms with E-state index in [-0.39, 0.29) is 17.4 Å². The van der Waals surface area contributed by atoms with E-state index in [0.29, 0.717) is 25.3 Å². The third kappa shape index (κ3) is 4.73. The fraction of sp³-hybridized carbons (Fsp3) is 0.562. The first-order valence-electron chi connectivity index (χ1n) is 7.63. The topological polar surface area (TPSA) is 99.5 Å². The number of hydrogen-bond donors (Lipinski definition) is 3. The smallest absolute Gasteiger partial charge is 0.341 e. The van der Waals surface area contributed by atoms with Crippen LogP contribution in [-0.4, -0.2) is 65.2 Å². The van der Waals surface area contributed by atoms with Crippen molar-refractivity contribution in [3.63, 3.8) is 0 Å². The lowest BCUT2D eigenvalue weighted by Gasteiger charge is -2.38. The highest BCUT2D eigenvalue weighted by Crippen LogP contribution is 2.37. The van der Waals surface area contributed by atoms with Gasteiger partial charge >= 0.3 is 5.97 Å². The molecule has 1 aromatic rings. The third-order valence-electron chi connectivity index (χ3n) is 3.96. The number of halogens is 1. The first-order chi connectivity index (χ1) is 11.4. The number of carboxylic acid groups (broad SMARTS) is 1. The zero-order valence-corrected chi connectivity index (χ0v) is 14.3. The second kappa shape index (κ2) is 8.02. The minimum absolute atomic E-state index is 0.191. The molecule has 1 aliphatic rings. The van der Waals surface area contributed by atoms with E-state index in [1.165, 1.54) is 7.11 Å². The van der Waals surface area contributed by atoms with Crippen LogP contribution in [0.2, 0.25) is 5.02 Å². The Morgan fingerprint density at radius 2 is 2.21 bits per heavy atom. The number of benzene rings is 1. The molecule has 1 aromatic carbocycles. The zero-order chi connectivity index (χ0) is 17.7. The summed E-state index contributed by atoms with van der Waals surface area (Å²) in [5.41, 5.74) is -0.224. The average molecular weight is 360 g/mol. The minimum Gasteiger partial charge on any atom is -0.493 e. The lowest BCUT2D eigenvalue weighted by Crippen LogP contribution is -2.50. The Kier molecular flexibility index (Phi) is 6.28. The lowest BCUT2D eigenvalue weighted by atomic mass is 9.93. The Hall–Kier alpha value is -1.54. The number of nitrogens with zero attached hydrogens (tertiary/aromatic N) is 1. The molecule has 0 spiro atoms. The van der Waals surface area contributed by atoms with Gasteiger partial charge in [0.25, 0.3) is 0 Å². The number of likely N-dealkylation sites (tertiary alicyclic amines) is 1. The van der Waals surface area contributed by atoms with Gasteiger partial charge in [-0.1, -0.05) is 11.6 Å². The maximum absolute atomic E-state index is 10.6. The van der Waals surface area contributed by atoms with Crippen molar-refractivity contribution in [1.82, 2.24) is 4.90 Å². The van der Waals surface area contributed by atoms with Gasteiger partial charge in [-0.15, -0.1) is 0 Å². The summed E-state index contributed by atoms with van der Waals surface area (Å²) in [5.74, 6) is -0.558. The average Bonchev–Trinajstić information content (AvgIpc) is 2.53. The second-order valence-corrected chi connectivity index (χ2v) is 6.40. The Morgan fingerprint density at radius 3 is 2.83 bits per heavy atom. The number of aliphatic carboxylic acids is 1. The molecule has 3 N–H and O–H groups in total. The molecule has 24 heavy (non-hydrogen) atoms. The molecule has 0 unspecified atom stereocenters. The summed E-state index contributed by atoms with van der Waals surface area (Å²) in [7, 11) is 1.45. The van der Waals surface area contributed by atoms with Crippen molar-refractivity contribution >= 4 is 17.6 Å². The molecule has 0 aliphatic carbocycles. The van der Waals surface area contributed by atoms with Crippen LogP contribution in [0.25, 0.3) is 0 Å². The predicted octanol–water partition coefficient (Wildman–Crippen LogP) is 1.13. The number of carboxylic acids is 1. The SMILES string of the molecule is COc1cc(CN2CCC[C@](O)(CO)C2)cc(Cl)c1OCC(=O)O. The molecule has 1 fully saturated rings. The predicted molar refractivity (Wildman–Crippen MR) is 87.7 cm³/mol. The van der Waals surface area contributed by atoms with E-state index in [4.69, 9.17) is 26.2 Å². The molecule has 7 nitrogen and oxygen atoms in total. The number of rotatable bonds is 7. The molecule has 0 saturated carbocycles. The van der Waals surface area contributed by atoms with Gasteiger partial charge < -0.3 is 24.8 Å². The molecule has 0 bridgehead atoms. The standard InChI is InChI=1S/C16H22ClNO6/c1-23-13-6-11(5-12(17)15(13)24-8-14(20)21)7-18-4-2-3-16(22,9-18)10-19/h5-6,19,22H,2-4,7-10H2,1H3,(H,20,21)/t16-/m1/s1. The van der Waals surface area contributed by atoms with E-state index >= 15 is 0 Å². The van der Waals surface area contributed by atoms with E-state index in [0.717, 1.165) is 18.5 Å². The first kappa shape index (κ1) is 18.8. The molecule has 1 saturated heterocycles. The Balaban J connectivity index is 2.13. The number of methoxy groups -OCH3 is 1.